The van der Waals surface area contributed by atoms with E-state index >= 15 is 0 Å². The Morgan fingerprint density at radius 1 is 1.25 bits per heavy atom. The summed E-state index contributed by atoms with van der Waals surface area (Å²) in [7, 11) is 0. The van der Waals surface area contributed by atoms with Gasteiger partial charge in [0.1, 0.15) is 5.58 Å². The van der Waals surface area contributed by atoms with Gasteiger partial charge in [-0.15, -0.1) is 11.3 Å². The number of aromatic nitrogens is 2. The fraction of sp³-hybridized carbons (Fsp3) is 0.118. The van der Waals surface area contributed by atoms with Crippen LogP contribution < -0.4 is 0 Å². The largest absolute Gasteiger partial charge is 0.450 e. The van der Waals surface area contributed by atoms with Crippen molar-refractivity contribution >= 4 is 28.3 Å². The number of thiophene rings is 1. The molecule has 7 heteroatoms. The van der Waals surface area contributed by atoms with Gasteiger partial charge >= 0.3 is 5.97 Å². The van der Waals surface area contributed by atoms with Gasteiger partial charge < -0.3 is 13.7 Å². The van der Waals surface area contributed by atoms with E-state index in [1.165, 1.54) is 11.3 Å². The van der Waals surface area contributed by atoms with E-state index in [1.807, 2.05) is 48.7 Å². The number of benzene rings is 1. The summed E-state index contributed by atoms with van der Waals surface area (Å²) < 4.78 is 15.9. The van der Waals surface area contributed by atoms with Crippen LogP contribution in [0.5, 0.6) is 0 Å². The van der Waals surface area contributed by atoms with Crippen molar-refractivity contribution in [3.05, 3.63) is 59.0 Å². The maximum atomic E-state index is 12.2. The number of nitrogens with zero attached hydrogens (tertiary/aromatic N) is 2. The van der Waals surface area contributed by atoms with Crippen LogP contribution in [0.3, 0.4) is 0 Å². The number of carbonyl (C=O) groups excluding carboxylic acids is 1. The van der Waals surface area contributed by atoms with Crippen LogP contribution in [0.25, 0.3) is 21.7 Å². The summed E-state index contributed by atoms with van der Waals surface area (Å²) in [4.78, 5) is 17.3. The Bertz CT molecular complexity index is 1000. The van der Waals surface area contributed by atoms with Gasteiger partial charge in [-0.2, -0.15) is 4.98 Å². The van der Waals surface area contributed by atoms with Gasteiger partial charge in [-0.1, -0.05) is 29.4 Å². The lowest BCUT2D eigenvalue weighted by atomic mass is 10.1. The Labute approximate surface area is 140 Å². The summed E-state index contributed by atoms with van der Waals surface area (Å²) in [6.07, 6.45) is 0. The molecule has 0 spiro atoms. The topological polar surface area (TPSA) is 78.4 Å². The van der Waals surface area contributed by atoms with Crippen molar-refractivity contribution in [2.24, 2.45) is 0 Å². The smallest absolute Gasteiger partial charge is 0.375 e. The van der Waals surface area contributed by atoms with Crippen LogP contribution in [0.4, 0.5) is 0 Å². The third-order valence-electron chi connectivity index (χ3n) is 3.57. The molecule has 24 heavy (non-hydrogen) atoms. The van der Waals surface area contributed by atoms with Crippen molar-refractivity contribution in [3.63, 3.8) is 0 Å². The van der Waals surface area contributed by atoms with E-state index in [0.29, 0.717) is 11.4 Å². The van der Waals surface area contributed by atoms with Crippen LogP contribution in [0.15, 0.2) is 50.7 Å². The Hall–Kier alpha value is -2.93. The number of rotatable bonds is 4. The highest BCUT2D eigenvalue weighted by Crippen LogP contribution is 2.26. The molecule has 4 rings (SSSR count). The van der Waals surface area contributed by atoms with Crippen LogP contribution >= 0.6 is 11.3 Å². The number of esters is 1. The van der Waals surface area contributed by atoms with Gasteiger partial charge in [0.25, 0.3) is 5.89 Å². The van der Waals surface area contributed by atoms with Crippen molar-refractivity contribution in [3.8, 4) is 10.7 Å². The molecule has 0 unspecified atom stereocenters. The Morgan fingerprint density at radius 2 is 2.12 bits per heavy atom. The molecule has 0 saturated carbocycles. The second-order valence-electron chi connectivity index (χ2n) is 5.12. The molecule has 3 heterocycles. The Morgan fingerprint density at radius 3 is 2.92 bits per heavy atom. The summed E-state index contributed by atoms with van der Waals surface area (Å²) in [5.74, 6) is 0.352. The number of aryl methyl sites for hydroxylation is 1. The zero-order valence-corrected chi connectivity index (χ0v) is 13.5. The van der Waals surface area contributed by atoms with Crippen LogP contribution in [0, 0.1) is 6.92 Å². The number of fused-ring (bicyclic) bond motifs is 1. The fourth-order valence-corrected chi connectivity index (χ4v) is 3.03. The first-order chi connectivity index (χ1) is 11.7. The minimum atomic E-state index is -0.556. The SMILES string of the molecule is Cc1c(C(=O)OCc2nc(-c3cccs3)no2)oc2ccccc12. The monoisotopic (exact) mass is 340 g/mol. The number of furan rings is 1. The fourth-order valence-electron chi connectivity index (χ4n) is 2.38. The molecule has 6 nitrogen and oxygen atoms in total. The van der Waals surface area contributed by atoms with Gasteiger partial charge in [0.05, 0.1) is 4.88 Å². The molecule has 0 amide bonds. The maximum Gasteiger partial charge on any atom is 0.375 e. The molecule has 3 aromatic heterocycles. The van der Waals surface area contributed by atoms with Gasteiger partial charge in [-0.3, -0.25) is 0 Å². The van der Waals surface area contributed by atoms with Crippen LogP contribution in [0.2, 0.25) is 0 Å². The van der Waals surface area contributed by atoms with Gasteiger partial charge in [-0.25, -0.2) is 4.79 Å². The molecular weight excluding hydrogens is 328 g/mol. The predicted molar refractivity (Wildman–Crippen MR) is 87.7 cm³/mol. The maximum absolute atomic E-state index is 12.2. The van der Waals surface area contributed by atoms with E-state index in [2.05, 4.69) is 10.1 Å². The van der Waals surface area contributed by atoms with Gasteiger partial charge in [-0.05, 0) is 24.4 Å². The first-order valence-corrected chi connectivity index (χ1v) is 8.12. The lowest BCUT2D eigenvalue weighted by Gasteiger charge is -1.99. The predicted octanol–water partition coefficient (Wildman–Crippen LogP) is 4.21. The lowest BCUT2D eigenvalue weighted by molar-refractivity contribution is 0.0395. The second kappa shape index (κ2) is 5.93. The molecule has 120 valence electrons. The second-order valence-corrected chi connectivity index (χ2v) is 6.07. The van der Waals surface area contributed by atoms with E-state index < -0.39 is 5.97 Å². The van der Waals surface area contributed by atoms with Gasteiger partial charge in [0.2, 0.25) is 11.6 Å². The zero-order valence-electron chi connectivity index (χ0n) is 12.7. The summed E-state index contributed by atoms with van der Waals surface area (Å²) >= 11 is 1.51. The molecule has 0 N–H and O–H groups in total. The van der Waals surface area contributed by atoms with Crippen LogP contribution in [0.1, 0.15) is 22.0 Å². The average Bonchev–Trinajstić information content (AvgIpc) is 3.33. The third kappa shape index (κ3) is 2.59. The van der Waals surface area contributed by atoms with E-state index in [4.69, 9.17) is 13.7 Å². The summed E-state index contributed by atoms with van der Waals surface area (Å²) in [6, 6.07) is 11.2. The Balaban J connectivity index is 1.49. The standard InChI is InChI=1S/C17H12N2O4S/c1-10-11-5-2-3-6-12(11)22-15(10)17(20)21-9-14-18-16(19-23-14)13-7-4-8-24-13/h2-8H,9H2,1H3. The van der Waals surface area contributed by atoms with Crippen molar-refractivity contribution in [1.29, 1.82) is 0 Å². The van der Waals surface area contributed by atoms with Gasteiger partial charge in [0, 0.05) is 10.9 Å². The molecule has 0 atom stereocenters. The first-order valence-electron chi connectivity index (χ1n) is 7.24. The first kappa shape index (κ1) is 14.6. The number of ether oxygens (including phenoxy) is 1. The van der Waals surface area contributed by atoms with E-state index in [1.54, 1.807) is 0 Å². The molecule has 0 aliphatic heterocycles. The molecule has 0 radical (unpaired) electrons. The molecule has 0 fully saturated rings. The highest BCUT2D eigenvalue weighted by molar-refractivity contribution is 7.13. The molecule has 1 aromatic carbocycles. The zero-order chi connectivity index (χ0) is 16.5. The highest BCUT2D eigenvalue weighted by atomic mass is 32.1. The van der Waals surface area contributed by atoms with E-state index in [0.717, 1.165) is 15.8 Å². The Kier molecular flexibility index (Phi) is 3.62. The van der Waals surface area contributed by atoms with Crippen molar-refractivity contribution < 1.29 is 18.5 Å². The lowest BCUT2D eigenvalue weighted by Crippen LogP contribution is -2.05. The van der Waals surface area contributed by atoms with Gasteiger partial charge in [0.15, 0.2) is 6.61 Å². The minimum Gasteiger partial charge on any atom is -0.450 e. The third-order valence-corrected chi connectivity index (χ3v) is 4.43. The van der Waals surface area contributed by atoms with Crippen LogP contribution in [-0.4, -0.2) is 16.1 Å². The molecule has 0 aliphatic rings. The van der Waals surface area contributed by atoms with Crippen molar-refractivity contribution in [2.75, 3.05) is 0 Å². The van der Waals surface area contributed by atoms with Crippen LogP contribution in [-0.2, 0) is 11.3 Å². The summed E-state index contributed by atoms with van der Waals surface area (Å²) in [6.45, 7) is 1.72. The number of hydrogen-bond donors (Lipinski definition) is 0. The minimum absolute atomic E-state index is 0.103. The van der Waals surface area contributed by atoms with E-state index in [-0.39, 0.29) is 18.3 Å². The summed E-state index contributed by atoms with van der Waals surface area (Å²) in [5.41, 5.74) is 1.40. The quantitative estimate of drug-likeness (QED) is 0.518. The normalized spacial score (nSPS) is 11.0. The number of hydrogen-bond acceptors (Lipinski definition) is 7. The molecule has 0 saturated heterocycles. The van der Waals surface area contributed by atoms with Crippen molar-refractivity contribution in [2.45, 2.75) is 13.5 Å². The average molecular weight is 340 g/mol. The van der Waals surface area contributed by atoms with Crippen molar-refractivity contribution in [1.82, 2.24) is 10.1 Å². The molecule has 0 bridgehead atoms. The highest BCUT2D eigenvalue weighted by Gasteiger charge is 2.20. The number of carbonyl (C=O) groups is 1. The summed E-state index contributed by atoms with van der Waals surface area (Å²) in [5, 5.41) is 6.69. The molecule has 4 aromatic rings. The van der Waals surface area contributed by atoms with E-state index in [9.17, 15) is 4.79 Å². The molecule has 0 aliphatic carbocycles. The molecular formula is C17H12N2O4S. The number of para-hydroxylation sites is 1.